The zero-order valence-corrected chi connectivity index (χ0v) is 12.9. The van der Waals surface area contributed by atoms with Crippen molar-refractivity contribution in [3.05, 3.63) is 35.0 Å². The number of aromatic nitrogens is 3. The molecular weight excluding hydrogens is 268 g/mol. The van der Waals surface area contributed by atoms with Crippen LogP contribution in [-0.4, -0.2) is 39.6 Å². The summed E-state index contributed by atoms with van der Waals surface area (Å²) in [5.41, 5.74) is 3.45. The average molecular weight is 290 g/mol. The van der Waals surface area contributed by atoms with Gasteiger partial charge in [0.25, 0.3) is 0 Å². The van der Waals surface area contributed by atoms with E-state index in [1.54, 1.807) is 0 Å². The van der Waals surface area contributed by atoms with E-state index in [0.717, 1.165) is 44.3 Å². The molecule has 3 rings (SSSR count). The summed E-state index contributed by atoms with van der Waals surface area (Å²) >= 11 is 0. The summed E-state index contributed by atoms with van der Waals surface area (Å²) in [5.74, 6) is 1.18. The van der Waals surface area contributed by atoms with Crippen molar-refractivity contribution in [3.63, 3.8) is 0 Å². The number of hydrogen-bond acceptors (Lipinski definition) is 5. The topological polar surface area (TPSA) is 56.3 Å². The third kappa shape index (κ3) is 3.16. The molecule has 0 amide bonds. The van der Waals surface area contributed by atoms with Gasteiger partial charge in [0.15, 0.2) is 0 Å². The predicted octanol–water partition coefficient (Wildman–Crippen LogP) is 1.85. The minimum atomic E-state index is 0.322. The molecule has 0 bridgehead atoms. The zero-order valence-electron chi connectivity index (χ0n) is 12.9. The van der Waals surface area contributed by atoms with E-state index in [-0.39, 0.29) is 0 Å². The Bertz CT molecular complexity index is 605. The Balaban J connectivity index is 1.76. The molecule has 21 heavy (non-hydrogen) atoms. The van der Waals surface area contributed by atoms with Gasteiger partial charge < -0.3 is 9.26 Å². The Morgan fingerprint density at radius 2 is 2.33 bits per heavy atom. The van der Waals surface area contributed by atoms with E-state index in [1.807, 2.05) is 31.6 Å². The van der Waals surface area contributed by atoms with Crippen molar-refractivity contribution < 1.29 is 9.26 Å². The molecule has 1 aliphatic heterocycles. The predicted molar refractivity (Wildman–Crippen MR) is 77.8 cm³/mol. The van der Waals surface area contributed by atoms with Crippen LogP contribution in [0, 0.1) is 6.92 Å². The first-order valence-electron chi connectivity index (χ1n) is 7.40. The van der Waals surface area contributed by atoms with Crippen LogP contribution in [0.4, 0.5) is 0 Å². The molecule has 0 saturated heterocycles. The average Bonchev–Trinajstić information content (AvgIpc) is 3.01. The van der Waals surface area contributed by atoms with E-state index in [1.165, 1.54) is 11.3 Å². The quantitative estimate of drug-likeness (QED) is 0.841. The lowest BCUT2D eigenvalue weighted by Gasteiger charge is -2.31. The van der Waals surface area contributed by atoms with Crippen LogP contribution in [0.1, 0.15) is 35.6 Å². The normalized spacial score (nSPS) is 18.9. The highest BCUT2D eigenvalue weighted by Crippen LogP contribution is 2.28. The van der Waals surface area contributed by atoms with E-state index in [9.17, 15) is 0 Å². The lowest BCUT2D eigenvalue weighted by atomic mass is 9.97. The lowest BCUT2D eigenvalue weighted by molar-refractivity contribution is 0.103. The van der Waals surface area contributed by atoms with Gasteiger partial charge in [0.2, 0.25) is 0 Å². The molecular formula is C15H22N4O2. The third-order valence-electron chi connectivity index (χ3n) is 3.78. The molecule has 0 fully saturated rings. The molecule has 0 spiro atoms. The van der Waals surface area contributed by atoms with Gasteiger partial charge in [-0.05, 0) is 13.8 Å². The highest BCUT2D eigenvalue weighted by Gasteiger charge is 2.28. The molecule has 0 aromatic carbocycles. The van der Waals surface area contributed by atoms with Gasteiger partial charge in [-0.1, -0.05) is 5.16 Å². The van der Waals surface area contributed by atoms with Crippen molar-refractivity contribution in [1.82, 2.24) is 19.8 Å². The number of nitrogens with zero attached hydrogens (tertiary/aromatic N) is 4. The molecule has 2 aromatic heterocycles. The second kappa shape index (κ2) is 5.99. The van der Waals surface area contributed by atoms with Gasteiger partial charge in [0.05, 0.1) is 18.0 Å². The van der Waals surface area contributed by atoms with Crippen molar-refractivity contribution in [1.29, 1.82) is 0 Å². The smallest absolute Gasteiger partial charge is 0.133 e. The molecule has 0 aliphatic carbocycles. The summed E-state index contributed by atoms with van der Waals surface area (Å²) in [6, 6.07) is 2.00. The molecule has 3 heterocycles. The molecule has 2 aromatic rings. The zero-order chi connectivity index (χ0) is 14.8. The largest absolute Gasteiger partial charge is 0.381 e. The van der Waals surface area contributed by atoms with Crippen LogP contribution in [0.3, 0.4) is 0 Å². The Kier molecular flexibility index (Phi) is 4.07. The summed E-state index contributed by atoms with van der Waals surface area (Å²) in [6.07, 6.45) is 2.11. The second-order valence-electron chi connectivity index (χ2n) is 5.67. The van der Waals surface area contributed by atoms with Crippen LogP contribution < -0.4 is 0 Å². The van der Waals surface area contributed by atoms with Gasteiger partial charge in [-0.15, -0.1) is 0 Å². The summed E-state index contributed by atoms with van der Waals surface area (Å²) in [6.45, 7) is 8.04. The molecule has 0 N–H and O–H groups in total. The van der Waals surface area contributed by atoms with Crippen LogP contribution in [-0.2, 0) is 24.9 Å². The van der Waals surface area contributed by atoms with Gasteiger partial charge >= 0.3 is 0 Å². The molecule has 114 valence electrons. The molecule has 1 aliphatic rings. The number of aryl methyl sites for hydroxylation is 2. The number of rotatable bonds is 5. The van der Waals surface area contributed by atoms with Gasteiger partial charge in [-0.25, -0.2) is 0 Å². The maximum Gasteiger partial charge on any atom is 0.133 e. The van der Waals surface area contributed by atoms with Crippen molar-refractivity contribution in [2.24, 2.45) is 7.05 Å². The Labute approximate surface area is 124 Å². The molecule has 6 heteroatoms. The van der Waals surface area contributed by atoms with E-state index in [2.05, 4.69) is 21.4 Å². The van der Waals surface area contributed by atoms with Crippen LogP contribution >= 0.6 is 0 Å². The first-order chi connectivity index (χ1) is 10.2. The summed E-state index contributed by atoms with van der Waals surface area (Å²) in [7, 11) is 1.97. The summed E-state index contributed by atoms with van der Waals surface area (Å²) < 4.78 is 12.7. The molecule has 1 atom stereocenters. The van der Waals surface area contributed by atoms with Gasteiger partial charge in [0, 0.05) is 57.0 Å². The van der Waals surface area contributed by atoms with Gasteiger partial charge in [-0.2, -0.15) is 5.10 Å². The van der Waals surface area contributed by atoms with Crippen molar-refractivity contribution in [2.45, 2.75) is 32.9 Å². The van der Waals surface area contributed by atoms with Crippen molar-refractivity contribution in [2.75, 3.05) is 19.8 Å². The van der Waals surface area contributed by atoms with Crippen LogP contribution in [0.15, 0.2) is 16.8 Å². The Morgan fingerprint density at radius 3 is 3.05 bits per heavy atom. The SMILES string of the molecule is CCOC[C@H]1CN(Cc2cc(C)on2)Cc2cn(C)nc21. The van der Waals surface area contributed by atoms with Crippen LogP contribution in [0.25, 0.3) is 0 Å². The minimum Gasteiger partial charge on any atom is -0.381 e. The lowest BCUT2D eigenvalue weighted by Crippen LogP contribution is -2.35. The monoisotopic (exact) mass is 290 g/mol. The fourth-order valence-electron chi connectivity index (χ4n) is 2.96. The van der Waals surface area contributed by atoms with E-state index >= 15 is 0 Å². The Hall–Kier alpha value is -1.66. The molecule has 0 saturated carbocycles. The fourth-order valence-corrected chi connectivity index (χ4v) is 2.96. The van der Waals surface area contributed by atoms with Crippen molar-refractivity contribution in [3.8, 4) is 0 Å². The van der Waals surface area contributed by atoms with Crippen LogP contribution in [0.2, 0.25) is 0 Å². The molecule has 0 radical (unpaired) electrons. The fraction of sp³-hybridized carbons (Fsp3) is 0.600. The van der Waals surface area contributed by atoms with Crippen LogP contribution in [0.5, 0.6) is 0 Å². The third-order valence-corrected chi connectivity index (χ3v) is 3.78. The second-order valence-corrected chi connectivity index (χ2v) is 5.67. The Morgan fingerprint density at radius 1 is 1.48 bits per heavy atom. The maximum absolute atomic E-state index is 5.63. The minimum absolute atomic E-state index is 0.322. The van der Waals surface area contributed by atoms with E-state index in [0.29, 0.717) is 5.92 Å². The van der Waals surface area contributed by atoms with Gasteiger partial charge in [0.1, 0.15) is 5.76 Å². The molecule has 6 nitrogen and oxygen atoms in total. The first kappa shape index (κ1) is 14.3. The maximum atomic E-state index is 5.63. The number of fused-ring (bicyclic) bond motifs is 1. The van der Waals surface area contributed by atoms with Crippen molar-refractivity contribution >= 4 is 0 Å². The molecule has 0 unspecified atom stereocenters. The van der Waals surface area contributed by atoms with Gasteiger partial charge in [-0.3, -0.25) is 9.58 Å². The number of hydrogen-bond donors (Lipinski definition) is 0. The number of ether oxygens (including phenoxy) is 1. The first-order valence-corrected chi connectivity index (χ1v) is 7.40. The summed E-state index contributed by atoms with van der Waals surface area (Å²) in [5, 5.41) is 8.70. The highest BCUT2D eigenvalue weighted by atomic mass is 16.5. The van der Waals surface area contributed by atoms with E-state index in [4.69, 9.17) is 9.26 Å². The highest BCUT2D eigenvalue weighted by molar-refractivity contribution is 5.24. The van der Waals surface area contributed by atoms with E-state index < -0.39 is 0 Å². The summed E-state index contributed by atoms with van der Waals surface area (Å²) in [4.78, 5) is 2.38. The standard InChI is InChI=1S/C15H22N4O2/c1-4-20-10-13-8-19(9-14-5-11(2)21-17-14)7-12-6-18(3)16-15(12)13/h5-6,13H,4,7-10H2,1-3H3/t13-/m1/s1.